The van der Waals surface area contributed by atoms with Gasteiger partial charge < -0.3 is 21.7 Å². The molecule has 0 bridgehead atoms. The molecule has 3 unspecified atom stereocenters. The van der Waals surface area contributed by atoms with Gasteiger partial charge in [0.2, 0.25) is 17.7 Å². The van der Waals surface area contributed by atoms with Crippen molar-refractivity contribution >= 4 is 35.0 Å². The lowest BCUT2D eigenvalue weighted by molar-refractivity contribution is -0.131. The van der Waals surface area contributed by atoms with Crippen molar-refractivity contribution in [1.29, 1.82) is 0 Å². The monoisotopic (exact) mass is 512 g/mol. The van der Waals surface area contributed by atoms with Crippen molar-refractivity contribution in [3.63, 3.8) is 0 Å². The second-order valence-electron chi connectivity index (χ2n) is 9.65. The van der Waals surface area contributed by atoms with Crippen LogP contribution < -0.4 is 21.7 Å². The maximum atomic E-state index is 13.4. The fourth-order valence-electron chi connectivity index (χ4n) is 3.63. The number of rotatable bonds is 12. The minimum Gasteiger partial charge on any atom is -0.370 e. The van der Waals surface area contributed by atoms with Gasteiger partial charge in [-0.2, -0.15) is 0 Å². The largest absolute Gasteiger partial charge is 0.370 e. The van der Waals surface area contributed by atoms with Crippen molar-refractivity contribution in [2.75, 3.05) is 0 Å². The lowest BCUT2D eigenvalue weighted by Gasteiger charge is -2.32. The van der Waals surface area contributed by atoms with E-state index in [2.05, 4.69) is 16.0 Å². The summed E-state index contributed by atoms with van der Waals surface area (Å²) in [6, 6.07) is 10.6. The summed E-state index contributed by atoms with van der Waals surface area (Å²) in [7, 11) is 0. The van der Waals surface area contributed by atoms with E-state index in [-0.39, 0.29) is 18.7 Å². The number of nitrogens with one attached hydrogen (secondary N) is 3. The Kier molecular flexibility index (Phi) is 10.9. The van der Waals surface area contributed by atoms with Crippen molar-refractivity contribution < 1.29 is 19.2 Å². The Morgan fingerprint density at radius 2 is 1.67 bits per heavy atom. The molecule has 0 saturated carbocycles. The van der Waals surface area contributed by atoms with Gasteiger partial charge in [-0.3, -0.25) is 19.2 Å². The van der Waals surface area contributed by atoms with Crippen molar-refractivity contribution in [2.45, 2.75) is 65.1 Å². The molecule has 5 N–H and O–H groups in total. The smallest absolute Gasteiger partial charge is 0.262 e. The van der Waals surface area contributed by atoms with Crippen LogP contribution >= 0.6 is 11.3 Å². The Balaban J connectivity index is 2.24. The average molecular weight is 513 g/mol. The highest BCUT2D eigenvalue weighted by Gasteiger charge is 2.35. The molecule has 8 nitrogen and oxygen atoms in total. The van der Waals surface area contributed by atoms with Crippen LogP contribution in [0.25, 0.3) is 0 Å². The summed E-state index contributed by atoms with van der Waals surface area (Å²) >= 11 is 1.29. The van der Waals surface area contributed by atoms with Gasteiger partial charge in [-0.25, -0.2) is 0 Å². The first kappa shape index (κ1) is 28.8. The second-order valence-corrected chi connectivity index (χ2v) is 10.6. The van der Waals surface area contributed by atoms with Crippen LogP contribution in [0.1, 0.15) is 55.8 Å². The molecular formula is C27H36N4O4S. The van der Waals surface area contributed by atoms with Gasteiger partial charge in [-0.15, -0.1) is 11.3 Å². The highest BCUT2D eigenvalue weighted by molar-refractivity contribution is 7.12. The SMILES string of the molecule is C/C=C/C(CCC(N)=O)NC(=O)C(Cc1ccccc1)NC(=O)C(NC(=O)c1cccs1)C(C)(C)C. The number of carbonyl (C=O) groups is 4. The number of thiophene rings is 1. The molecule has 2 aromatic rings. The zero-order valence-electron chi connectivity index (χ0n) is 21.2. The first-order valence-corrected chi connectivity index (χ1v) is 12.8. The minimum atomic E-state index is -0.898. The van der Waals surface area contributed by atoms with Gasteiger partial charge in [-0.05, 0) is 35.8 Å². The van der Waals surface area contributed by atoms with E-state index in [1.807, 2.05) is 58.0 Å². The third kappa shape index (κ3) is 9.30. The molecule has 0 saturated heterocycles. The topological polar surface area (TPSA) is 130 Å². The molecule has 1 aromatic carbocycles. The second kappa shape index (κ2) is 13.6. The number of hydrogen-bond donors (Lipinski definition) is 4. The molecule has 0 radical (unpaired) electrons. The van der Waals surface area contributed by atoms with Crippen molar-refractivity contribution in [3.8, 4) is 0 Å². The predicted octanol–water partition coefficient (Wildman–Crippen LogP) is 2.95. The number of benzene rings is 1. The van der Waals surface area contributed by atoms with Crippen LogP contribution in [0.3, 0.4) is 0 Å². The number of hydrogen-bond acceptors (Lipinski definition) is 5. The van der Waals surface area contributed by atoms with Crippen LogP contribution in [0.15, 0.2) is 60.0 Å². The molecular weight excluding hydrogens is 476 g/mol. The maximum Gasteiger partial charge on any atom is 0.262 e. The first-order chi connectivity index (χ1) is 17.0. The van der Waals surface area contributed by atoms with Crippen molar-refractivity contribution in [3.05, 3.63) is 70.4 Å². The Morgan fingerprint density at radius 1 is 0.972 bits per heavy atom. The number of carbonyl (C=O) groups excluding carboxylic acids is 4. The van der Waals surface area contributed by atoms with Gasteiger partial charge in [-0.1, -0.05) is 69.3 Å². The van der Waals surface area contributed by atoms with E-state index >= 15 is 0 Å². The molecule has 2 rings (SSSR count). The Hall–Kier alpha value is -3.46. The van der Waals surface area contributed by atoms with Gasteiger partial charge in [0, 0.05) is 18.9 Å². The molecule has 1 heterocycles. The molecule has 0 aliphatic carbocycles. The van der Waals surface area contributed by atoms with Crippen LogP contribution in [0, 0.1) is 5.41 Å². The van der Waals surface area contributed by atoms with E-state index in [0.29, 0.717) is 11.3 Å². The van der Waals surface area contributed by atoms with Crippen molar-refractivity contribution in [2.24, 2.45) is 11.1 Å². The van der Waals surface area contributed by atoms with Gasteiger partial charge in [0.15, 0.2) is 0 Å². The molecule has 0 spiro atoms. The summed E-state index contributed by atoms with van der Waals surface area (Å²) in [6.07, 6.45) is 4.28. The third-order valence-electron chi connectivity index (χ3n) is 5.52. The lowest BCUT2D eigenvalue weighted by atomic mass is 9.85. The number of primary amides is 1. The van der Waals surface area contributed by atoms with Gasteiger partial charge >= 0.3 is 0 Å². The quantitative estimate of drug-likeness (QED) is 0.326. The molecule has 194 valence electrons. The van der Waals surface area contributed by atoms with E-state index in [9.17, 15) is 19.2 Å². The molecule has 1 aromatic heterocycles. The van der Waals surface area contributed by atoms with Crippen LogP contribution in [-0.4, -0.2) is 41.8 Å². The van der Waals surface area contributed by atoms with Crippen LogP contribution in [-0.2, 0) is 20.8 Å². The maximum absolute atomic E-state index is 13.4. The summed E-state index contributed by atoms with van der Waals surface area (Å²) in [4.78, 5) is 51.2. The fourth-order valence-corrected chi connectivity index (χ4v) is 4.26. The molecule has 0 fully saturated rings. The molecule has 0 aliphatic rings. The number of nitrogens with two attached hydrogens (primary N) is 1. The van der Waals surface area contributed by atoms with Crippen LogP contribution in [0.4, 0.5) is 0 Å². The van der Waals surface area contributed by atoms with E-state index in [1.165, 1.54) is 11.3 Å². The lowest BCUT2D eigenvalue weighted by Crippen LogP contribution is -2.58. The average Bonchev–Trinajstić information content (AvgIpc) is 3.35. The zero-order chi connectivity index (χ0) is 26.7. The zero-order valence-corrected chi connectivity index (χ0v) is 22.1. The first-order valence-electron chi connectivity index (χ1n) is 11.9. The fraction of sp³-hybridized carbons (Fsp3) is 0.407. The molecule has 0 aliphatic heterocycles. The summed E-state index contributed by atoms with van der Waals surface area (Å²) in [5.41, 5.74) is 5.53. The predicted molar refractivity (Wildman–Crippen MR) is 142 cm³/mol. The summed E-state index contributed by atoms with van der Waals surface area (Å²) < 4.78 is 0. The number of amides is 4. The number of allylic oxidation sites excluding steroid dienone is 1. The molecule has 9 heteroatoms. The van der Waals surface area contributed by atoms with Gasteiger partial charge in [0.1, 0.15) is 12.1 Å². The third-order valence-corrected chi connectivity index (χ3v) is 6.39. The summed E-state index contributed by atoms with van der Waals surface area (Å²) in [5.74, 6) is -1.65. The van der Waals surface area contributed by atoms with Crippen molar-refractivity contribution in [1.82, 2.24) is 16.0 Å². The Morgan fingerprint density at radius 3 is 2.22 bits per heavy atom. The van der Waals surface area contributed by atoms with Crippen LogP contribution in [0.2, 0.25) is 0 Å². The van der Waals surface area contributed by atoms with Crippen LogP contribution in [0.5, 0.6) is 0 Å². The molecule has 4 amide bonds. The summed E-state index contributed by atoms with van der Waals surface area (Å²) in [6.45, 7) is 7.37. The molecule has 3 atom stereocenters. The van der Waals surface area contributed by atoms with E-state index < -0.39 is 41.3 Å². The highest BCUT2D eigenvalue weighted by Crippen LogP contribution is 2.21. The molecule has 36 heavy (non-hydrogen) atoms. The van der Waals surface area contributed by atoms with E-state index in [1.54, 1.807) is 29.7 Å². The Labute approximate surface area is 216 Å². The summed E-state index contributed by atoms with van der Waals surface area (Å²) in [5, 5.41) is 10.4. The highest BCUT2D eigenvalue weighted by atomic mass is 32.1. The van der Waals surface area contributed by atoms with Gasteiger partial charge in [0.05, 0.1) is 4.88 Å². The minimum absolute atomic E-state index is 0.117. The standard InChI is InChI=1S/C27H36N4O4S/c1-5-10-19(14-15-22(28)32)29-24(33)20(17-18-11-7-6-8-12-18)30-26(35)23(27(2,3)4)31-25(34)21-13-9-16-36-21/h5-13,16,19-20,23H,14-15,17H2,1-4H3,(H2,28,32)(H,29,33)(H,30,35)(H,31,34)/b10-5+. The van der Waals surface area contributed by atoms with E-state index in [4.69, 9.17) is 5.73 Å². The van der Waals surface area contributed by atoms with Gasteiger partial charge in [0.25, 0.3) is 5.91 Å². The van der Waals surface area contributed by atoms with E-state index in [0.717, 1.165) is 5.56 Å². The Bertz CT molecular complexity index is 1050. The normalized spacial score (nSPS) is 14.0.